The Hall–Kier alpha value is -3.59. The van der Waals surface area contributed by atoms with Crippen molar-refractivity contribution in [1.29, 1.82) is 0 Å². The lowest BCUT2D eigenvalue weighted by molar-refractivity contribution is 0.0695. The largest absolute Gasteiger partial charge is 0.381 e. The maximum Gasteiger partial charge on any atom is 0.276 e. The summed E-state index contributed by atoms with van der Waals surface area (Å²) >= 11 is 0. The molecule has 1 amide bonds. The number of imidazole rings is 2. The van der Waals surface area contributed by atoms with Crippen molar-refractivity contribution in [3.05, 3.63) is 55.3 Å². The third-order valence-corrected chi connectivity index (χ3v) is 5.37. The molecule has 1 saturated heterocycles. The van der Waals surface area contributed by atoms with Crippen LogP contribution >= 0.6 is 0 Å². The molecule has 0 spiro atoms. The quantitative estimate of drug-likeness (QED) is 0.562. The molecule has 0 atom stereocenters. The molecule has 9 heteroatoms. The number of ether oxygens (including phenoxy) is 1. The number of hydrogen-bond acceptors (Lipinski definition) is 6. The van der Waals surface area contributed by atoms with E-state index in [-0.39, 0.29) is 5.91 Å². The Morgan fingerprint density at radius 1 is 1.07 bits per heavy atom. The van der Waals surface area contributed by atoms with Crippen LogP contribution in [0.5, 0.6) is 0 Å². The fraction of sp³-hybridized carbons (Fsp3) is 0.286. The number of aryl methyl sites for hydroxylation is 1. The number of aromatic nitrogens is 6. The van der Waals surface area contributed by atoms with Crippen molar-refractivity contribution >= 4 is 22.5 Å². The monoisotopic (exact) mass is 403 g/mol. The summed E-state index contributed by atoms with van der Waals surface area (Å²) in [6, 6.07) is 4.12. The van der Waals surface area contributed by atoms with Crippen LogP contribution in [-0.2, 0) is 11.8 Å². The van der Waals surface area contributed by atoms with Crippen LogP contribution in [0.1, 0.15) is 29.4 Å². The van der Waals surface area contributed by atoms with E-state index in [0.717, 1.165) is 48.2 Å². The van der Waals surface area contributed by atoms with E-state index in [0.29, 0.717) is 17.6 Å². The van der Waals surface area contributed by atoms with Crippen molar-refractivity contribution in [2.24, 2.45) is 7.05 Å². The van der Waals surface area contributed by atoms with E-state index in [2.05, 4.69) is 25.3 Å². The number of hydrogen-bond donors (Lipinski definition) is 1. The van der Waals surface area contributed by atoms with E-state index in [9.17, 15) is 4.79 Å². The normalized spacial score (nSPS) is 14.8. The molecule has 0 radical (unpaired) electrons. The molecule has 1 fully saturated rings. The third-order valence-electron chi connectivity index (χ3n) is 5.37. The van der Waals surface area contributed by atoms with Crippen LogP contribution in [0.2, 0.25) is 0 Å². The molecule has 4 aromatic heterocycles. The topological polar surface area (TPSA) is 99.8 Å². The predicted octanol–water partition coefficient (Wildman–Crippen LogP) is 2.83. The number of nitrogens with one attached hydrogen (secondary N) is 1. The van der Waals surface area contributed by atoms with Crippen molar-refractivity contribution in [3.63, 3.8) is 0 Å². The molecule has 5 heterocycles. The first kappa shape index (κ1) is 18.4. The summed E-state index contributed by atoms with van der Waals surface area (Å²) in [6.07, 6.45) is 12.3. The highest BCUT2D eigenvalue weighted by molar-refractivity contribution is 6.03. The van der Waals surface area contributed by atoms with E-state index in [1.807, 2.05) is 28.3 Å². The molecule has 30 heavy (non-hydrogen) atoms. The molecule has 1 N–H and O–H groups in total. The SMILES string of the molecule is Cn1cncc1-c1cc2cc(NC(=O)c3cn(C4CCOCC4)cn3)ncc2cn1. The van der Waals surface area contributed by atoms with Gasteiger partial charge in [0.05, 0.1) is 30.2 Å². The second-order valence-corrected chi connectivity index (χ2v) is 7.38. The van der Waals surface area contributed by atoms with Crippen LogP contribution in [0.3, 0.4) is 0 Å². The molecular formula is C21H21N7O2. The Labute approximate surface area is 172 Å². The van der Waals surface area contributed by atoms with Gasteiger partial charge in [0.1, 0.15) is 11.5 Å². The minimum Gasteiger partial charge on any atom is -0.381 e. The second kappa shape index (κ2) is 7.68. The molecule has 152 valence electrons. The number of anilines is 1. The number of rotatable bonds is 4. The third kappa shape index (κ3) is 3.55. The molecule has 4 aromatic rings. The van der Waals surface area contributed by atoms with Gasteiger partial charge in [0.25, 0.3) is 5.91 Å². The van der Waals surface area contributed by atoms with Gasteiger partial charge < -0.3 is 19.2 Å². The van der Waals surface area contributed by atoms with Crippen LogP contribution in [0.25, 0.3) is 22.2 Å². The molecule has 5 rings (SSSR count). The lowest BCUT2D eigenvalue weighted by Gasteiger charge is -2.22. The van der Waals surface area contributed by atoms with E-state index in [4.69, 9.17) is 4.74 Å². The van der Waals surface area contributed by atoms with Crippen molar-refractivity contribution in [1.82, 2.24) is 29.1 Å². The van der Waals surface area contributed by atoms with Crippen LogP contribution in [0.4, 0.5) is 5.82 Å². The number of amides is 1. The summed E-state index contributed by atoms with van der Waals surface area (Å²) in [4.78, 5) is 29.9. The first-order chi connectivity index (χ1) is 14.7. The summed E-state index contributed by atoms with van der Waals surface area (Å²) in [7, 11) is 1.92. The predicted molar refractivity (Wildman–Crippen MR) is 111 cm³/mol. The van der Waals surface area contributed by atoms with Gasteiger partial charge in [-0.25, -0.2) is 15.0 Å². The van der Waals surface area contributed by atoms with Crippen LogP contribution in [0, 0.1) is 0 Å². The van der Waals surface area contributed by atoms with Crippen LogP contribution in [0.15, 0.2) is 49.6 Å². The highest BCUT2D eigenvalue weighted by Gasteiger charge is 2.18. The Balaban J connectivity index is 1.36. The summed E-state index contributed by atoms with van der Waals surface area (Å²) in [5.41, 5.74) is 2.09. The lowest BCUT2D eigenvalue weighted by Crippen LogP contribution is -2.18. The summed E-state index contributed by atoms with van der Waals surface area (Å²) < 4.78 is 9.30. The van der Waals surface area contributed by atoms with Crippen LogP contribution in [-0.4, -0.2) is 48.2 Å². The first-order valence-corrected chi connectivity index (χ1v) is 9.82. The Kier molecular flexibility index (Phi) is 4.72. The summed E-state index contributed by atoms with van der Waals surface area (Å²) in [5, 5.41) is 4.66. The van der Waals surface area contributed by atoms with E-state index < -0.39 is 0 Å². The number of fused-ring (bicyclic) bond motifs is 1. The van der Waals surface area contributed by atoms with Crippen molar-refractivity contribution < 1.29 is 9.53 Å². The highest BCUT2D eigenvalue weighted by Crippen LogP contribution is 2.23. The molecule has 0 aliphatic carbocycles. The molecule has 0 unspecified atom stereocenters. The molecule has 0 bridgehead atoms. The minimum atomic E-state index is -0.284. The summed E-state index contributed by atoms with van der Waals surface area (Å²) in [5.74, 6) is 0.184. The average Bonchev–Trinajstić information content (AvgIpc) is 3.43. The smallest absolute Gasteiger partial charge is 0.276 e. The zero-order valence-corrected chi connectivity index (χ0v) is 16.5. The van der Waals surface area contributed by atoms with E-state index >= 15 is 0 Å². The first-order valence-electron chi connectivity index (χ1n) is 9.82. The molecule has 9 nitrogen and oxygen atoms in total. The zero-order valence-electron chi connectivity index (χ0n) is 16.5. The maximum atomic E-state index is 12.7. The summed E-state index contributed by atoms with van der Waals surface area (Å²) in [6.45, 7) is 1.47. The van der Waals surface area contributed by atoms with Crippen LogP contribution < -0.4 is 5.32 Å². The van der Waals surface area contributed by atoms with Crippen molar-refractivity contribution in [2.75, 3.05) is 18.5 Å². The molecule has 0 saturated carbocycles. The fourth-order valence-corrected chi connectivity index (χ4v) is 3.67. The van der Waals surface area contributed by atoms with Gasteiger partial charge in [-0.2, -0.15) is 0 Å². The van der Waals surface area contributed by atoms with Gasteiger partial charge in [-0.3, -0.25) is 9.78 Å². The average molecular weight is 403 g/mol. The van der Waals surface area contributed by atoms with E-state index in [1.165, 1.54) is 0 Å². The number of pyridine rings is 2. The number of carbonyl (C=O) groups is 1. The molecule has 1 aliphatic rings. The molecule has 0 aromatic carbocycles. The van der Waals surface area contributed by atoms with Gasteiger partial charge in [0.15, 0.2) is 0 Å². The van der Waals surface area contributed by atoms with Gasteiger partial charge in [-0.05, 0) is 30.4 Å². The van der Waals surface area contributed by atoms with Gasteiger partial charge in [0.2, 0.25) is 0 Å². The molecule has 1 aliphatic heterocycles. The van der Waals surface area contributed by atoms with E-state index in [1.54, 1.807) is 37.4 Å². The second-order valence-electron chi connectivity index (χ2n) is 7.38. The zero-order chi connectivity index (χ0) is 20.5. The standard InChI is InChI=1S/C21H21N7O2/c1-27-12-22-10-19(27)17-6-14-7-20(24-9-15(14)8-23-17)26-21(29)18-11-28(13-25-18)16-2-4-30-5-3-16/h6-13,16H,2-5H2,1H3,(H,24,26,29). The number of nitrogens with zero attached hydrogens (tertiary/aromatic N) is 6. The van der Waals surface area contributed by atoms with Gasteiger partial charge >= 0.3 is 0 Å². The van der Waals surface area contributed by atoms with Crippen molar-refractivity contribution in [3.8, 4) is 11.4 Å². The van der Waals surface area contributed by atoms with Gasteiger partial charge in [-0.1, -0.05) is 0 Å². The van der Waals surface area contributed by atoms with Gasteiger partial charge in [-0.15, -0.1) is 0 Å². The van der Waals surface area contributed by atoms with Crippen molar-refractivity contribution in [2.45, 2.75) is 18.9 Å². The minimum absolute atomic E-state index is 0.284. The Morgan fingerprint density at radius 2 is 1.90 bits per heavy atom. The van der Waals surface area contributed by atoms with Gasteiger partial charge in [0, 0.05) is 50.3 Å². The Bertz CT molecular complexity index is 1210. The Morgan fingerprint density at radius 3 is 2.70 bits per heavy atom. The highest BCUT2D eigenvalue weighted by atomic mass is 16.5. The number of carbonyl (C=O) groups excluding carboxylic acids is 1. The maximum absolute atomic E-state index is 12.7. The molecular weight excluding hydrogens is 382 g/mol. The fourth-order valence-electron chi connectivity index (χ4n) is 3.67. The lowest BCUT2D eigenvalue weighted by atomic mass is 10.1.